The minimum atomic E-state index is -0.247. The molecule has 0 spiro atoms. The van der Waals surface area contributed by atoms with Crippen molar-refractivity contribution in [2.75, 3.05) is 12.9 Å². The van der Waals surface area contributed by atoms with Crippen LogP contribution >= 0.6 is 27.7 Å². The van der Waals surface area contributed by atoms with Gasteiger partial charge in [0.25, 0.3) is 5.91 Å². The zero-order chi connectivity index (χ0) is 23.9. The first-order valence-electron chi connectivity index (χ1n) is 10.3. The smallest absolute Gasteiger partial charge is 0.250 e. The number of rotatable bonds is 8. The number of thioether (sulfide) groups is 1. The third kappa shape index (κ3) is 5.70. The van der Waals surface area contributed by atoms with Crippen molar-refractivity contribution in [3.05, 3.63) is 83.1 Å². The van der Waals surface area contributed by atoms with Gasteiger partial charge in [0.2, 0.25) is 0 Å². The second kappa shape index (κ2) is 11.1. The van der Waals surface area contributed by atoms with Gasteiger partial charge in [0.1, 0.15) is 5.75 Å². The van der Waals surface area contributed by atoms with Gasteiger partial charge in [-0.25, -0.2) is 5.43 Å². The van der Waals surface area contributed by atoms with Gasteiger partial charge >= 0.3 is 0 Å². The molecule has 172 valence electrons. The van der Waals surface area contributed by atoms with Crippen molar-refractivity contribution in [2.45, 2.75) is 12.1 Å². The van der Waals surface area contributed by atoms with Crippen LogP contribution < -0.4 is 10.2 Å². The minimum absolute atomic E-state index is 0.125. The lowest BCUT2D eigenvalue weighted by molar-refractivity contribution is -0.118. The average molecular weight is 537 g/mol. The van der Waals surface area contributed by atoms with E-state index >= 15 is 0 Å². The molecule has 4 aromatic rings. The Hall–Kier alpha value is -3.50. The Morgan fingerprint density at radius 2 is 1.88 bits per heavy atom. The van der Waals surface area contributed by atoms with Gasteiger partial charge in [0.05, 0.1) is 18.6 Å². The molecule has 1 N–H and O–H groups in total. The van der Waals surface area contributed by atoms with E-state index in [9.17, 15) is 4.79 Å². The number of nitrogens with one attached hydrogen (secondary N) is 1. The van der Waals surface area contributed by atoms with E-state index in [2.05, 4.69) is 41.6 Å². The molecule has 0 atom stereocenters. The summed E-state index contributed by atoms with van der Waals surface area (Å²) in [6.07, 6.45) is 3.41. The van der Waals surface area contributed by atoms with Gasteiger partial charge < -0.3 is 4.74 Å². The first-order valence-corrected chi connectivity index (χ1v) is 12.0. The normalized spacial score (nSPS) is 11.3. The molecular formula is C24H21BrN6O2S. The molecule has 34 heavy (non-hydrogen) atoms. The number of hydrogen-bond donors (Lipinski definition) is 1. The SMILES string of the molecule is COc1cccc(/C(C)=N/NC(=O)CSc2nnc(-c3ccncc3)n2-c2ccc(Br)cc2)c1. The van der Waals surface area contributed by atoms with Crippen molar-refractivity contribution >= 4 is 39.3 Å². The summed E-state index contributed by atoms with van der Waals surface area (Å²) in [5, 5.41) is 13.5. The number of benzene rings is 2. The Morgan fingerprint density at radius 3 is 2.62 bits per heavy atom. The van der Waals surface area contributed by atoms with Crippen LogP contribution in [0, 0.1) is 0 Å². The summed E-state index contributed by atoms with van der Waals surface area (Å²) < 4.78 is 8.13. The highest BCUT2D eigenvalue weighted by Gasteiger charge is 2.17. The van der Waals surface area contributed by atoms with E-state index < -0.39 is 0 Å². The topological polar surface area (TPSA) is 94.3 Å². The maximum Gasteiger partial charge on any atom is 0.250 e. The van der Waals surface area contributed by atoms with Crippen molar-refractivity contribution in [2.24, 2.45) is 5.10 Å². The average Bonchev–Trinajstić information content (AvgIpc) is 3.31. The minimum Gasteiger partial charge on any atom is -0.497 e. The van der Waals surface area contributed by atoms with E-state index in [1.807, 2.05) is 72.2 Å². The maximum atomic E-state index is 12.5. The molecule has 2 heterocycles. The predicted molar refractivity (Wildman–Crippen MR) is 136 cm³/mol. The fraction of sp³-hybridized carbons (Fsp3) is 0.125. The number of carbonyl (C=O) groups is 1. The van der Waals surface area contributed by atoms with Crippen LogP contribution in [0.25, 0.3) is 17.1 Å². The molecule has 0 unspecified atom stereocenters. The van der Waals surface area contributed by atoms with E-state index in [1.54, 1.807) is 19.5 Å². The first kappa shape index (κ1) is 23.7. The fourth-order valence-electron chi connectivity index (χ4n) is 3.10. The number of hydrazone groups is 1. The summed E-state index contributed by atoms with van der Waals surface area (Å²) in [6, 6.07) is 19.1. The van der Waals surface area contributed by atoms with Crippen LogP contribution in [0.1, 0.15) is 12.5 Å². The van der Waals surface area contributed by atoms with Crippen LogP contribution in [0.4, 0.5) is 0 Å². The Morgan fingerprint density at radius 1 is 1.12 bits per heavy atom. The summed E-state index contributed by atoms with van der Waals surface area (Å²) in [5.74, 6) is 1.27. The molecule has 0 saturated carbocycles. The molecule has 0 aliphatic heterocycles. The Balaban J connectivity index is 1.51. The van der Waals surface area contributed by atoms with Gasteiger partial charge in [0, 0.05) is 33.7 Å². The lowest BCUT2D eigenvalue weighted by atomic mass is 10.1. The van der Waals surface area contributed by atoms with Crippen molar-refractivity contribution in [3.63, 3.8) is 0 Å². The van der Waals surface area contributed by atoms with E-state index in [-0.39, 0.29) is 11.7 Å². The third-order valence-corrected chi connectivity index (χ3v) is 6.28. The second-order valence-corrected chi connectivity index (χ2v) is 8.96. The molecule has 10 heteroatoms. The van der Waals surface area contributed by atoms with Gasteiger partial charge in [0.15, 0.2) is 11.0 Å². The highest BCUT2D eigenvalue weighted by molar-refractivity contribution is 9.10. The van der Waals surface area contributed by atoms with Crippen LogP contribution in [0.5, 0.6) is 5.75 Å². The largest absolute Gasteiger partial charge is 0.497 e. The van der Waals surface area contributed by atoms with E-state index in [0.29, 0.717) is 16.7 Å². The molecule has 4 rings (SSSR count). The van der Waals surface area contributed by atoms with Crippen molar-refractivity contribution in [3.8, 4) is 22.8 Å². The molecule has 1 amide bonds. The van der Waals surface area contributed by atoms with Crippen LogP contribution in [-0.2, 0) is 4.79 Å². The molecule has 2 aromatic heterocycles. The quantitative estimate of drug-likeness (QED) is 0.198. The van der Waals surface area contributed by atoms with Crippen LogP contribution in [-0.4, -0.2) is 44.2 Å². The number of nitrogens with zero attached hydrogens (tertiary/aromatic N) is 5. The summed E-state index contributed by atoms with van der Waals surface area (Å²) in [7, 11) is 1.61. The highest BCUT2D eigenvalue weighted by Crippen LogP contribution is 2.28. The molecule has 2 aromatic carbocycles. The number of pyridine rings is 1. The van der Waals surface area contributed by atoms with E-state index in [0.717, 1.165) is 27.0 Å². The molecule has 0 fully saturated rings. The van der Waals surface area contributed by atoms with Crippen LogP contribution in [0.15, 0.2) is 87.8 Å². The molecule has 0 radical (unpaired) electrons. The summed E-state index contributed by atoms with van der Waals surface area (Å²) in [5.41, 5.74) is 5.91. The highest BCUT2D eigenvalue weighted by atomic mass is 79.9. The number of hydrogen-bond acceptors (Lipinski definition) is 7. The number of aromatic nitrogens is 4. The first-order chi connectivity index (χ1) is 16.5. The number of carbonyl (C=O) groups excluding carboxylic acids is 1. The summed E-state index contributed by atoms with van der Waals surface area (Å²) in [6.45, 7) is 1.83. The second-order valence-electron chi connectivity index (χ2n) is 7.11. The number of halogens is 1. The van der Waals surface area contributed by atoms with E-state index in [1.165, 1.54) is 11.8 Å². The van der Waals surface area contributed by atoms with Gasteiger partial charge in [-0.1, -0.05) is 39.8 Å². The predicted octanol–water partition coefficient (Wildman–Crippen LogP) is 4.73. The lowest BCUT2D eigenvalue weighted by Crippen LogP contribution is -2.21. The Labute approximate surface area is 209 Å². The number of amides is 1. The van der Waals surface area contributed by atoms with Crippen LogP contribution in [0.3, 0.4) is 0 Å². The van der Waals surface area contributed by atoms with Crippen LogP contribution in [0.2, 0.25) is 0 Å². The van der Waals surface area contributed by atoms with Gasteiger partial charge in [-0.3, -0.25) is 14.3 Å². The zero-order valence-corrected chi connectivity index (χ0v) is 20.9. The van der Waals surface area contributed by atoms with Crippen molar-refractivity contribution in [1.82, 2.24) is 25.2 Å². The standard InChI is InChI=1S/C24H21BrN6O2S/c1-16(18-4-3-5-21(14-18)33-2)27-28-22(32)15-34-24-30-29-23(17-10-12-26-13-11-17)31(24)20-8-6-19(25)7-9-20/h3-14H,15H2,1-2H3,(H,28,32)/b27-16+. The third-order valence-electron chi connectivity index (χ3n) is 4.82. The molecular weight excluding hydrogens is 516 g/mol. The van der Waals surface area contributed by atoms with Gasteiger partial charge in [-0.05, 0) is 55.5 Å². The zero-order valence-electron chi connectivity index (χ0n) is 18.5. The molecule has 0 aliphatic rings. The van der Waals surface area contributed by atoms with Gasteiger partial charge in [-0.15, -0.1) is 10.2 Å². The molecule has 0 saturated heterocycles. The van der Waals surface area contributed by atoms with Crippen molar-refractivity contribution in [1.29, 1.82) is 0 Å². The van der Waals surface area contributed by atoms with E-state index in [4.69, 9.17) is 4.74 Å². The lowest BCUT2D eigenvalue weighted by Gasteiger charge is -2.10. The molecule has 8 nitrogen and oxygen atoms in total. The number of ether oxygens (including phenoxy) is 1. The maximum absolute atomic E-state index is 12.5. The monoisotopic (exact) mass is 536 g/mol. The molecule has 0 aliphatic carbocycles. The Bertz CT molecular complexity index is 1310. The fourth-order valence-corrected chi connectivity index (χ4v) is 4.10. The Kier molecular flexibility index (Phi) is 7.71. The summed E-state index contributed by atoms with van der Waals surface area (Å²) >= 11 is 4.75. The number of methoxy groups -OCH3 is 1. The van der Waals surface area contributed by atoms with Gasteiger partial charge in [-0.2, -0.15) is 5.10 Å². The molecule has 0 bridgehead atoms. The van der Waals surface area contributed by atoms with Crippen molar-refractivity contribution < 1.29 is 9.53 Å². The summed E-state index contributed by atoms with van der Waals surface area (Å²) in [4.78, 5) is 16.6.